The molecule has 4 heteroatoms. The van der Waals surface area contributed by atoms with E-state index in [1.54, 1.807) is 6.07 Å². The zero-order valence-corrected chi connectivity index (χ0v) is 12.3. The zero-order valence-electron chi connectivity index (χ0n) is 9.90. The Morgan fingerprint density at radius 2 is 2.12 bits per heavy atom. The van der Waals surface area contributed by atoms with E-state index in [0.29, 0.717) is 15.6 Å². The van der Waals surface area contributed by atoms with E-state index in [4.69, 9.17) is 0 Å². The zero-order chi connectivity index (χ0) is 12.5. The molecule has 1 aromatic rings. The van der Waals surface area contributed by atoms with Crippen molar-refractivity contribution < 1.29 is 8.42 Å². The molecular weight excluding hydrogens is 300 g/mol. The molecule has 17 heavy (non-hydrogen) atoms. The molecule has 2 rings (SSSR count). The molecule has 0 bridgehead atoms. The normalized spacial score (nSPS) is 24.0. The third kappa shape index (κ3) is 2.58. The highest BCUT2D eigenvalue weighted by molar-refractivity contribution is 9.09. The lowest BCUT2D eigenvalue weighted by Gasteiger charge is -2.29. The molecule has 0 saturated carbocycles. The van der Waals surface area contributed by atoms with Gasteiger partial charge in [0.05, 0.1) is 10.6 Å². The van der Waals surface area contributed by atoms with Gasteiger partial charge in [0.25, 0.3) is 0 Å². The summed E-state index contributed by atoms with van der Waals surface area (Å²) in [6, 6.07) is 7.43. The van der Waals surface area contributed by atoms with Crippen LogP contribution in [-0.2, 0) is 9.84 Å². The molecule has 0 aromatic heterocycles. The Hall–Kier alpha value is -0.350. The number of alkyl halides is 1. The van der Waals surface area contributed by atoms with Crippen molar-refractivity contribution in [2.24, 2.45) is 0 Å². The van der Waals surface area contributed by atoms with Crippen LogP contribution in [-0.4, -0.2) is 19.0 Å². The van der Waals surface area contributed by atoms with E-state index in [-0.39, 0.29) is 5.75 Å². The number of sulfone groups is 1. The molecule has 1 aliphatic heterocycles. The third-order valence-electron chi connectivity index (χ3n) is 3.35. The monoisotopic (exact) mass is 316 g/mol. The molecule has 94 valence electrons. The fourth-order valence-electron chi connectivity index (χ4n) is 2.47. The molecule has 2 atom stereocenters. The quantitative estimate of drug-likeness (QED) is 0.800. The number of hydrogen-bond donors (Lipinski definition) is 0. The van der Waals surface area contributed by atoms with Gasteiger partial charge < -0.3 is 0 Å². The number of fused-ring (bicyclic) bond motifs is 1. The predicted molar refractivity (Wildman–Crippen MR) is 73.5 cm³/mol. The van der Waals surface area contributed by atoms with Gasteiger partial charge in [-0.3, -0.25) is 0 Å². The first-order chi connectivity index (χ1) is 8.06. The summed E-state index contributed by atoms with van der Waals surface area (Å²) in [5, 5.41) is 0. The van der Waals surface area contributed by atoms with Gasteiger partial charge in [0, 0.05) is 4.83 Å². The van der Waals surface area contributed by atoms with Crippen LogP contribution >= 0.6 is 15.9 Å². The molecule has 0 amide bonds. The van der Waals surface area contributed by atoms with Crippen molar-refractivity contribution >= 4 is 25.8 Å². The van der Waals surface area contributed by atoms with Crippen molar-refractivity contribution in [2.45, 2.75) is 41.8 Å². The smallest absolute Gasteiger partial charge is 0.178 e. The van der Waals surface area contributed by atoms with Gasteiger partial charge in [-0.15, -0.1) is 0 Å². The van der Waals surface area contributed by atoms with Gasteiger partial charge >= 0.3 is 0 Å². The van der Waals surface area contributed by atoms with Gasteiger partial charge in [0.1, 0.15) is 0 Å². The van der Waals surface area contributed by atoms with Crippen LogP contribution in [0.2, 0.25) is 0 Å². The van der Waals surface area contributed by atoms with Crippen LogP contribution in [0.1, 0.15) is 37.7 Å². The highest BCUT2D eigenvalue weighted by Crippen LogP contribution is 2.39. The molecule has 2 nitrogen and oxygen atoms in total. The molecule has 1 aliphatic rings. The lowest BCUT2D eigenvalue weighted by atomic mass is 9.91. The van der Waals surface area contributed by atoms with Gasteiger partial charge in [0.2, 0.25) is 0 Å². The summed E-state index contributed by atoms with van der Waals surface area (Å²) in [5.74, 6) is 0.607. The van der Waals surface area contributed by atoms with Crippen LogP contribution in [0.5, 0.6) is 0 Å². The maximum absolute atomic E-state index is 12.0. The topological polar surface area (TPSA) is 34.1 Å². The Labute approximate surface area is 111 Å². The SMILES string of the molecule is CCCC(Br)C1CCS(=O)(=O)c2ccccc21. The lowest BCUT2D eigenvalue weighted by molar-refractivity contribution is 0.543. The van der Waals surface area contributed by atoms with Crippen molar-refractivity contribution in [1.29, 1.82) is 0 Å². The predicted octanol–water partition coefficient (Wildman–Crippen LogP) is 3.51. The van der Waals surface area contributed by atoms with E-state index in [9.17, 15) is 8.42 Å². The van der Waals surface area contributed by atoms with Gasteiger partial charge in [-0.25, -0.2) is 8.42 Å². The molecule has 0 saturated heterocycles. The second kappa shape index (κ2) is 5.11. The van der Waals surface area contributed by atoms with E-state index in [0.717, 1.165) is 24.8 Å². The van der Waals surface area contributed by atoms with Gasteiger partial charge in [-0.2, -0.15) is 0 Å². The van der Waals surface area contributed by atoms with E-state index in [2.05, 4.69) is 22.9 Å². The summed E-state index contributed by atoms with van der Waals surface area (Å²) in [7, 11) is -3.04. The minimum atomic E-state index is -3.04. The van der Waals surface area contributed by atoms with Gasteiger partial charge in [-0.05, 0) is 30.4 Å². The molecule has 0 radical (unpaired) electrons. The Bertz CT molecular complexity index is 496. The minimum Gasteiger partial charge on any atom is -0.224 e. The maximum Gasteiger partial charge on any atom is 0.178 e. The van der Waals surface area contributed by atoms with E-state index in [1.165, 1.54) is 0 Å². The van der Waals surface area contributed by atoms with Gasteiger partial charge in [-0.1, -0.05) is 47.5 Å². The van der Waals surface area contributed by atoms with Crippen molar-refractivity contribution in [1.82, 2.24) is 0 Å². The average molecular weight is 317 g/mol. The second-order valence-corrected chi connectivity index (χ2v) is 7.81. The van der Waals surface area contributed by atoms with Crippen LogP contribution in [0.3, 0.4) is 0 Å². The minimum absolute atomic E-state index is 0.278. The first-order valence-electron chi connectivity index (χ1n) is 6.02. The fourth-order valence-corrected chi connectivity index (χ4v) is 5.13. The number of hydrogen-bond acceptors (Lipinski definition) is 2. The number of benzene rings is 1. The van der Waals surface area contributed by atoms with E-state index < -0.39 is 9.84 Å². The summed E-state index contributed by atoms with van der Waals surface area (Å²) in [4.78, 5) is 0.918. The third-order valence-corrected chi connectivity index (χ3v) is 6.26. The summed E-state index contributed by atoms with van der Waals surface area (Å²) < 4.78 is 24.0. The van der Waals surface area contributed by atoms with Crippen LogP contribution in [0.15, 0.2) is 29.2 Å². The van der Waals surface area contributed by atoms with Crippen molar-refractivity contribution in [2.75, 3.05) is 5.75 Å². The van der Waals surface area contributed by atoms with Crippen molar-refractivity contribution in [3.8, 4) is 0 Å². The number of rotatable bonds is 3. The molecule has 1 aromatic carbocycles. The first kappa shape index (κ1) is 13.1. The largest absolute Gasteiger partial charge is 0.224 e. The van der Waals surface area contributed by atoms with E-state index in [1.807, 2.05) is 18.2 Å². The molecule has 0 spiro atoms. The first-order valence-corrected chi connectivity index (χ1v) is 8.59. The molecule has 2 unspecified atom stereocenters. The van der Waals surface area contributed by atoms with Crippen LogP contribution in [0.25, 0.3) is 0 Å². The van der Waals surface area contributed by atoms with Crippen LogP contribution < -0.4 is 0 Å². The molecule has 0 fully saturated rings. The lowest BCUT2D eigenvalue weighted by Crippen LogP contribution is -2.25. The Morgan fingerprint density at radius 3 is 2.82 bits per heavy atom. The summed E-state index contributed by atoms with van der Waals surface area (Å²) in [5.41, 5.74) is 0.995. The Balaban J connectivity index is 2.42. The standard InChI is InChI=1S/C13H17BrO2S/c1-2-5-12(14)10-8-9-17(15,16)13-7-4-3-6-11(10)13/h3-4,6-7,10,12H,2,5,8-9H2,1H3. The molecule has 0 N–H and O–H groups in total. The second-order valence-electron chi connectivity index (χ2n) is 4.56. The van der Waals surface area contributed by atoms with Crippen molar-refractivity contribution in [3.05, 3.63) is 29.8 Å². The molecule has 0 aliphatic carbocycles. The summed E-state index contributed by atoms with van der Waals surface area (Å²) in [6.07, 6.45) is 2.93. The summed E-state index contributed by atoms with van der Waals surface area (Å²) in [6.45, 7) is 2.15. The fraction of sp³-hybridized carbons (Fsp3) is 0.538. The Morgan fingerprint density at radius 1 is 1.41 bits per heavy atom. The molecular formula is C13H17BrO2S. The average Bonchev–Trinajstić information content (AvgIpc) is 2.29. The van der Waals surface area contributed by atoms with Crippen LogP contribution in [0.4, 0.5) is 0 Å². The molecule has 1 heterocycles. The maximum atomic E-state index is 12.0. The van der Waals surface area contributed by atoms with Crippen LogP contribution in [0, 0.1) is 0 Å². The van der Waals surface area contributed by atoms with Crippen molar-refractivity contribution in [3.63, 3.8) is 0 Å². The Kier molecular flexibility index (Phi) is 3.93. The number of halogens is 1. The van der Waals surface area contributed by atoms with E-state index >= 15 is 0 Å². The highest BCUT2D eigenvalue weighted by atomic mass is 79.9. The van der Waals surface area contributed by atoms with Gasteiger partial charge in [0.15, 0.2) is 9.84 Å². The highest BCUT2D eigenvalue weighted by Gasteiger charge is 2.32. The summed E-state index contributed by atoms with van der Waals surface area (Å²) >= 11 is 3.71.